The normalized spacial score (nSPS) is 12.8. The summed E-state index contributed by atoms with van der Waals surface area (Å²) in [7, 11) is 0. The SMILES string of the molecule is CCCCN(C(=O)C(C)(C)C(C)(C)C)C(CCC)CCC. The quantitative estimate of drug-likeness (QED) is 0.538. The van der Waals surface area contributed by atoms with Crippen molar-refractivity contribution < 1.29 is 4.79 Å². The molecular formula is C19H39NO. The zero-order valence-corrected chi connectivity index (χ0v) is 15.9. The first-order valence-corrected chi connectivity index (χ1v) is 8.94. The van der Waals surface area contributed by atoms with Gasteiger partial charge in [-0.1, -0.05) is 74.7 Å². The Kier molecular flexibility index (Phi) is 8.58. The van der Waals surface area contributed by atoms with E-state index in [2.05, 4.69) is 60.3 Å². The van der Waals surface area contributed by atoms with E-state index in [4.69, 9.17) is 0 Å². The maximum absolute atomic E-state index is 13.2. The highest BCUT2D eigenvalue weighted by Gasteiger charge is 2.43. The van der Waals surface area contributed by atoms with Crippen LogP contribution in [-0.4, -0.2) is 23.4 Å². The van der Waals surface area contributed by atoms with Crippen LogP contribution in [0.1, 0.15) is 93.9 Å². The van der Waals surface area contributed by atoms with E-state index < -0.39 is 0 Å². The van der Waals surface area contributed by atoms with Gasteiger partial charge >= 0.3 is 0 Å². The van der Waals surface area contributed by atoms with E-state index in [1.165, 1.54) is 0 Å². The number of carbonyl (C=O) groups excluding carboxylic acids is 1. The molecule has 126 valence electrons. The van der Waals surface area contributed by atoms with Gasteiger partial charge in [-0.2, -0.15) is 0 Å². The van der Waals surface area contributed by atoms with Crippen LogP contribution < -0.4 is 0 Å². The molecule has 0 spiro atoms. The number of carbonyl (C=O) groups is 1. The predicted molar refractivity (Wildman–Crippen MR) is 93.5 cm³/mol. The molecule has 0 fully saturated rings. The Bertz CT molecular complexity index is 295. The lowest BCUT2D eigenvalue weighted by atomic mass is 9.68. The molecule has 0 saturated heterocycles. The van der Waals surface area contributed by atoms with Crippen molar-refractivity contribution in [1.82, 2.24) is 4.90 Å². The Morgan fingerprint density at radius 1 is 0.905 bits per heavy atom. The van der Waals surface area contributed by atoms with Crippen LogP contribution >= 0.6 is 0 Å². The summed E-state index contributed by atoms with van der Waals surface area (Å²) in [6.45, 7) is 18.3. The summed E-state index contributed by atoms with van der Waals surface area (Å²) in [5, 5.41) is 0. The lowest BCUT2D eigenvalue weighted by Gasteiger charge is -2.44. The molecular weight excluding hydrogens is 258 g/mol. The number of unbranched alkanes of at least 4 members (excludes halogenated alkanes) is 1. The Balaban J connectivity index is 5.32. The summed E-state index contributed by atoms with van der Waals surface area (Å²) in [6, 6.07) is 0.417. The second-order valence-corrected chi connectivity index (χ2v) is 7.96. The van der Waals surface area contributed by atoms with Crippen LogP contribution in [0.4, 0.5) is 0 Å². The standard InChI is InChI=1S/C19H39NO/c1-9-12-15-20(16(13-10-2)14-11-3)17(21)19(7,8)18(4,5)6/h16H,9-15H2,1-8H3. The van der Waals surface area contributed by atoms with Crippen LogP contribution in [0.3, 0.4) is 0 Å². The van der Waals surface area contributed by atoms with E-state index in [1.807, 2.05) is 0 Å². The molecule has 0 aromatic heterocycles. The summed E-state index contributed by atoms with van der Waals surface area (Å²) in [5.41, 5.74) is -0.335. The number of hydrogen-bond donors (Lipinski definition) is 0. The third-order valence-electron chi connectivity index (χ3n) is 5.11. The smallest absolute Gasteiger partial charge is 0.229 e. The van der Waals surface area contributed by atoms with Gasteiger partial charge in [-0.05, 0) is 24.7 Å². The number of hydrogen-bond acceptors (Lipinski definition) is 1. The molecule has 0 aliphatic rings. The lowest BCUT2D eigenvalue weighted by Crippen LogP contribution is -2.51. The van der Waals surface area contributed by atoms with Crippen molar-refractivity contribution >= 4 is 5.91 Å². The van der Waals surface area contributed by atoms with E-state index >= 15 is 0 Å². The molecule has 0 heterocycles. The molecule has 2 heteroatoms. The van der Waals surface area contributed by atoms with Gasteiger partial charge in [-0.25, -0.2) is 0 Å². The van der Waals surface area contributed by atoms with Crippen LogP contribution in [0.2, 0.25) is 0 Å². The first-order valence-electron chi connectivity index (χ1n) is 8.94. The second kappa shape index (κ2) is 8.80. The molecule has 0 saturated carbocycles. The van der Waals surface area contributed by atoms with E-state index in [-0.39, 0.29) is 10.8 Å². The van der Waals surface area contributed by atoms with Gasteiger partial charge in [-0.15, -0.1) is 0 Å². The molecule has 0 atom stereocenters. The summed E-state index contributed by atoms with van der Waals surface area (Å²) in [6.07, 6.45) is 6.81. The van der Waals surface area contributed by atoms with Gasteiger partial charge in [0.1, 0.15) is 0 Å². The van der Waals surface area contributed by atoms with Crippen LogP contribution in [-0.2, 0) is 4.79 Å². The van der Waals surface area contributed by atoms with Crippen molar-refractivity contribution in [3.05, 3.63) is 0 Å². The van der Waals surface area contributed by atoms with Crippen LogP contribution in [0, 0.1) is 10.8 Å². The highest BCUT2D eigenvalue weighted by Crippen LogP contribution is 2.40. The molecule has 0 bridgehead atoms. The molecule has 0 aromatic rings. The molecule has 0 aromatic carbocycles. The third kappa shape index (κ3) is 5.64. The second-order valence-electron chi connectivity index (χ2n) is 7.96. The summed E-state index contributed by atoms with van der Waals surface area (Å²) >= 11 is 0. The fourth-order valence-corrected chi connectivity index (χ4v) is 2.58. The molecule has 0 rings (SSSR count). The van der Waals surface area contributed by atoms with E-state index in [0.29, 0.717) is 11.9 Å². The van der Waals surface area contributed by atoms with Crippen molar-refractivity contribution in [1.29, 1.82) is 0 Å². The van der Waals surface area contributed by atoms with Gasteiger partial charge in [0.25, 0.3) is 0 Å². The topological polar surface area (TPSA) is 20.3 Å². The average Bonchev–Trinajstić information content (AvgIpc) is 2.37. The first-order chi connectivity index (χ1) is 9.63. The van der Waals surface area contributed by atoms with Crippen molar-refractivity contribution in [3.8, 4) is 0 Å². The minimum absolute atomic E-state index is 0.0163. The Hall–Kier alpha value is -0.530. The Labute approximate surface area is 133 Å². The Morgan fingerprint density at radius 3 is 1.71 bits per heavy atom. The van der Waals surface area contributed by atoms with Gasteiger partial charge in [0.05, 0.1) is 0 Å². The molecule has 0 N–H and O–H groups in total. The zero-order chi connectivity index (χ0) is 16.7. The Morgan fingerprint density at radius 2 is 1.38 bits per heavy atom. The molecule has 0 aliphatic carbocycles. The molecule has 0 unspecified atom stereocenters. The van der Waals surface area contributed by atoms with Crippen LogP contribution in [0.15, 0.2) is 0 Å². The van der Waals surface area contributed by atoms with Crippen molar-refractivity contribution in [3.63, 3.8) is 0 Å². The predicted octanol–water partition coefficient (Wildman–Crippen LogP) is 5.66. The number of amides is 1. The summed E-state index contributed by atoms with van der Waals surface area (Å²) in [5.74, 6) is 0.343. The minimum Gasteiger partial charge on any atom is -0.339 e. The highest BCUT2D eigenvalue weighted by atomic mass is 16.2. The van der Waals surface area contributed by atoms with Gasteiger partial charge in [-0.3, -0.25) is 4.79 Å². The lowest BCUT2D eigenvalue weighted by molar-refractivity contribution is -0.149. The van der Waals surface area contributed by atoms with E-state index in [1.54, 1.807) is 0 Å². The average molecular weight is 298 g/mol. The molecule has 0 aliphatic heterocycles. The summed E-state index contributed by atoms with van der Waals surface area (Å²) < 4.78 is 0. The fourth-order valence-electron chi connectivity index (χ4n) is 2.58. The zero-order valence-electron chi connectivity index (χ0n) is 15.9. The van der Waals surface area contributed by atoms with Crippen molar-refractivity contribution in [2.75, 3.05) is 6.54 Å². The number of rotatable bonds is 9. The van der Waals surface area contributed by atoms with Crippen LogP contribution in [0.25, 0.3) is 0 Å². The van der Waals surface area contributed by atoms with Gasteiger partial charge in [0.2, 0.25) is 5.91 Å². The molecule has 21 heavy (non-hydrogen) atoms. The maximum atomic E-state index is 13.2. The maximum Gasteiger partial charge on any atom is 0.229 e. The van der Waals surface area contributed by atoms with Gasteiger partial charge in [0, 0.05) is 18.0 Å². The van der Waals surface area contributed by atoms with E-state index in [0.717, 1.165) is 45.1 Å². The number of nitrogens with zero attached hydrogens (tertiary/aromatic N) is 1. The molecule has 0 radical (unpaired) electrons. The fraction of sp³-hybridized carbons (Fsp3) is 0.947. The van der Waals surface area contributed by atoms with Crippen molar-refractivity contribution in [2.24, 2.45) is 10.8 Å². The first kappa shape index (κ1) is 20.5. The highest BCUT2D eigenvalue weighted by molar-refractivity contribution is 5.83. The molecule has 1 amide bonds. The van der Waals surface area contributed by atoms with Crippen LogP contribution in [0.5, 0.6) is 0 Å². The summed E-state index contributed by atoms with van der Waals surface area (Å²) in [4.78, 5) is 15.4. The van der Waals surface area contributed by atoms with Gasteiger partial charge < -0.3 is 4.90 Å². The van der Waals surface area contributed by atoms with Crippen molar-refractivity contribution in [2.45, 2.75) is 100.0 Å². The minimum atomic E-state index is -0.319. The largest absolute Gasteiger partial charge is 0.339 e. The van der Waals surface area contributed by atoms with E-state index in [9.17, 15) is 4.79 Å². The monoisotopic (exact) mass is 297 g/mol. The molecule has 2 nitrogen and oxygen atoms in total. The third-order valence-corrected chi connectivity index (χ3v) is 5.11. The van der Waals surface area contributed by atoms with Gasteiger partial charge in [0.15, 0.2) is 0 Å².